The van der Waals surface area contributed by atoms with E-state index in [9.17, 15) is 0 Å². The Morgan fingerprint density at radius 3 is 2.74 bits per heavy atom. The molecule has 3 saturated carbocycles. The molecule has 0 aromatic rings. The predicted molar refractivity (Wildman–Crippen MR) is 80.9 cm³/mol. The summed E-state index contributed by atoms with van der Waals surface area (Å²) in [5.74, 6) is 3.18. The maximum Gasteiger partial charge on any atom is -0.00853 e. The molecule has 3 unspecified atom stereocenters. The molecule has 0 aromatic carbocycles. The second kappa shape index (κ2) is 4.12. The van der Waals surface area contributed by atoms with Gasteiger partial charge in [0, 0.05) is 0 Å². The highest BCUT2D eigenvalue weighted by atomic mass is 14.6. The maximum atomic E-state index is 2.63. The van der Waals surface area contributed by atoms with Crippen LogP contribution in [0.2, 0.25) is 0 Å². The van der Waals surface area contributed by atoms with Gasteiger partial charge in [-0.05, 0) is 86.4 Å². The first-order chi connectivity index (χ1) is 9.13. The van der Waals surface area contributed by atoms with Gasteiger partial charge in [-0.3, -0.25) is 0 Å². The van der Waals surface area contributed by atoms with Crippen LogP contribution in [0.5, 0.6) is 0 Å². The molecule has 106 valence electrons. The van der Waals surface area contributed by atoms with Gasteiger partial charge in [-0.2, -0.15) is 0 Å². The summed E-state index contributed by atoms with van der Waals surface area (Å²) in [6.07, 6.45) is 17.5. The van der Waals surface area contributed by atoms with E-state index in [2.05, 4.69) is 19.9 Å². The zero-order valence-corrected chi connectivity index (χ0v) is 12.9. The summed E-state index contributed by atoms with van der Waals surface area (Å²) < 4.78 is 0. The van der Waals surface area contributed by atoms with Crippen molar-refractivity contribution >= 4 is 0 Å². The van der Waals surface area contributed by atoms with Crippen LogP contribution in [-0.2, 0) is 0 Å². The molecule has 4 rings (SSSR count). The first-order valence-corrected chi connectivity index (χ1v) is 8.83. The van der Waals surface area contributed by atoms with E-state index in [0.29, 0.717) is 5.41 Å². The molecule has 0 bridgehead atoms. The molecule has 0 radical (unpaired) electrons. The third-order valence-corrected chi connectivity index (χ3v) is 7.81. The summed E-state index contributed by atoms with van der Waals surface area (Å²) in [5.41, 5.74) is 3.19. The largest absolute Gasteiger partial charge is 0.0848 e. The summed E-state index contributed by atoms with van der Waals surface area (Å²) in [7, 11) is 0. The van der Waals surface area contributed by atoms with E-state index >= 15 is 0 Å². The van der Waals surface area contributed by atoms with Crippen molar-refractivity contribution in [3.8, 4) is 0 Å². The van der Waals surface area contributed by atoms with Crippen LogP contribution in [0.3, 0.4) is 0 Å². The Balaban J connectivity index is 1.69. The Morgan fingerprint density at radius 1 is 0.947 bits per heavy atom. The molecule has 0 saturated heterocycles. The van der Waals surface area contributed by atoms with Crippen molar-refractivity contribution in [1.29, 1.82) is 0 Å². The van der Waals surface area contributed by atoms with Crippen LogP contribution in [0.15, 0.2) is 11.6 Å². The van der Waals surface area contributed by atoms with Crippen LogP contribution >= 0.6 is 0 Å². The molecular weight excluding hydrogens is 228 g/mol. The lowest BCUT2D eigenvalue weighted by molar-refractivity contribution is -0.0360. The molecule has 0 amide bonds. The topological polar surface area (TPSA) is 0 Å². The van der Waals surface area contributed by atoms with E-state index < -0.39 is 0 Å². The first kappa shape index (κ1) is 12.5. The summed E-state index contributed by atoms with van der Waals surface area (Å²) >= 11 is 0. The monoisotopic (exact) mass is 258 g/mol. The van der Waals surface area contributed by atoms with Gasteiger partial charge in [0.25, 0.3) is 0 Å². The lowest BCUT2D eigenvalue weighted by Gasteiger charge is -2.57. The highest BCUT2D eigenvalue weighted by molar-refractivity contribution is 5.23. The Morgan fingerprint density at radius 2 is 1.84 bits per heavy atom. The molecule has 0 spiro atoms. The van der Waals surface area contributed by atoms with Crippen LogP contribution in [0.1, 0.15) is 78.1 Å². The second-order valence-electron chi connectivity index (χ2n) is 8.54. The van der Waals surface area contributed by atoms with Gasteiger partial charge in [0.05, 0.1) is 0 Å². The van der Waals surface area contributed by atoms with Gasteiger partial charge in [0.2, 0.25) is 0 Å². The van der Waals surface area contributed by atoms with Gasteiger partial charge in [-0.1, -0.05) is 31.9 Å². The van der Waals surface area contributed by atoms with Crippen molar-refractivity contribution in [2.75, 3.05) is 0 Å². The minimum absolute atomic E-state index is 0.602. The quantitative estimate of drug-likeness (QED) is 0.487. The molecule has 0 aromatic heterocycles. The molecule has 0 nitrogen and oxygen atoms in total. The van der Waals surface area contributed by atoms with Gasteiger partial charge in [-0.15, -0.1) is 0 Å². The Hall–Kier alpha value is -0.260. The second-order valence-corrected chi connectivity index (χ2v) is 8.54. The summed E-state index contributed by atoms with van der Waals surface area (Å²) in [5, 5.41) is 0. The van der Waals surface area contributed by atoms with Crippen molar-refractivity contribution in [3.63, 3.8) is 0 Å². The highest BCUT2D eigenvalue weighted by Gasteiger charge is 2.55. The number of fused-ring (bicyclic) bond motifs is 5. The van der Waals surface area contributed by atoms with E-state index in [1.807, 2.05) is 5.57 Å². The van der Waals surface area contributed by atoms with Gasteiger partial charge in [0.15, 0.2) is 0 Å². The van der Waals surface area contributed by atoms with Gasteiger partial charge in [-0.25, -0.2) is 0 Å². The number of rotatable bonds is 0. The molecule has 0 heterocycles. The Bertz CT molecular complexity index is 406. The minimum Gasteiger partial charge on any atom is -0.0848 e. The van der Waals surface area contributed by atoms with Crippen molar-refractivity contribution in [1.82, 2.24) is 0 Å². The van der Waals surface area contributed by atoms with Gasteiger partial charge < -0.3 is 0 Å². The Labute approximate surface area is 119 Å². The van der Waals surface area contributed by atoms with Gasteiger partial charge in [0.1, 0.15) is 0 Å². The van der Waals surface area contributed by atoms with Crippen LogP contribution in [-0.4, -0.2) is 0 Å². The predicted octanol–water partition coefficient (Wildman–Crippen LogP) is 5.73. The van der Waals surface area contributed by atoms with Gasteiger partial charge >= 0.3 is 0 Å². The lowest BCUT2D eigenvalue weighted by Crippen LogP contribution is -2.48. The van der Waals surface area contributed by atoms with Crippen LogP contribution in [0.4, 0.5) is 0 Å². The minimum atomic E-state index is 0.602. The molecule has 4 aliphatic carbocycles. The number of hydrogen-bond donors (Lipinski definition) is 0. The zero-order valence-electron chi connectivity index (χ0n) is 12.9. The molecule has 5 atom stereocenters. The molecule has 19 heavy (non-hydrogen) atoms. The fourth-order valence-corrected chi connectivity index (χ4v) is 6.75. The van der Waals surface area contributed by atoms with Crippen molar-refractivity contribution < 1.29 is 0 Å². The number of hydrogen-bond acceptors (Lipinski definition) is 0. The van der Waals surface area contributed by atoms with Crippen molar-refractivity contribution in [3.05, 3.63) is 11.6 Å². The van der Waals surface area contributed by atoms with E-state index in [0.717, 1.165) is 23.2 Å². The van der Waals surface area contributed by atoms with E-state index in [1.54, 1.807) is 6.42 Å². The summed E-state index contributed by atoms with van der Waals surface area (Å²) in [6.45, 7) is 5.25. The number of allylic oxidation sites excluding steroid dienone is 2. The highest BCUT2D eigenvalue weighted by Crippen LogP contribution is 2.65. The molecule has 0 aliphatic heterocycles. The standard InChI is InChI=1S/C19H30/c1-18-11-5-7-16(18)15-9-8-14-6-3-4-12-19(14,2)17(15)10-13-18/h6,15-17H,3-5,7-13H2,1-2H3/t15?,16?,17?,18-,19-/m0/s1. The third kappa shape index (κ3) is 1.64. The smallest absolute Gasteiger partial charge is 0.00853 e. The molecule has 0 N–H and O–H groups in total. The SMILES string of the molecule is C[C@@]12CCCC1C1CCC3=CCCC[C@]3(C)C1CC2. The van der Waals surface area contributed by atoms with Crippen LogP contribution < -0.4 is 0 Å². The van der Waals surface area contributed by atoms with Crippen LogP contribution in [0.25, 0.3) is 0 Å². The third-order valence-electron chi connectivity index (χ3n) is 7.81. The molecule has 4 aliphatic rings. The van der Waals surface area contributed by atoms with Crippen molar-refractivity contribution in [2.45, 2.75) is 78.1 Å². The summed E-state index contributed by atoms with van der Waals surface area (Å²) in [4.78, 5) is 0. The average Bonchev–Trinajstić information content (AvgIpc) is 2.79. The van der Waals surface area contributed by atoms with E-state index in [4.69, 9.17) is 0 Å². The normalized spacial score (nSPS) is 52.9. The fraction of sp³-hybridized carbons (Fsp3) is 0.895. The molecule has 0 heteroatoms. The fourth-order valence-electron chi connectivity index (χ4n) is 6.75. The lowest BCUT2D eigenvalue weighted by atomic mass is 9.47. The van der Waals surface area contributed by atoms with E-state index in [1.165, 1.54) is 57.8 Å². The summed E-state index contributed by atoms with van der Waals surface area (Å²) in [6, 6.07) is 0. The maximum absolute atomic E-state index is 2.63. The molecule has 3 fully saturated rings. The van der Waals surface area contributed by atoms with E-state index in [-0.39, 0.29) is 0 Å². The van der Waals surface area contributed by atoms with Crippen molar-refractivity contribution in [2.24, 2.45) is 28.6 Å². The molecular formula is C19H30. The first-order valence-electron chi connectivity index (χ1n) is 8.83. The average molecular weight is 258 g/mol. The Kier molecular flexibility index (Phi) is 2.71. The zero-order chi connectivity index (χ0) is 13.1. The van der Waals surface area contributed by atoms with Crippen LogP contribution in [0, 0.1) is 28.6 Å².